The van der Waals surface area contributed by atoms with Gasteiger partial charge in [0.25, 0.3) is 0 Å². The molecule has 0 bridgehead atoms. The number of hydrogen-bond acceptors (Lipinski definition) is 1. The van der Waals surface area contributed by atoms with Crippen LogP contribution in [0.4, 0.5) is 0 Å². The fourth-order valence-electron chi connectivity index (χ4n) is 3.40. The van der Waals surface area contributed by atoms with Crippen molar-refractivity contribution in [3.8, 4) is 0 Å². The topological polar surface area (TPSA) is 20.2 Å². The molecule has 0 saturated heterocycles. The van der Waals surface area contributed by atoms with Gasteiger partial charge in [0.2, 0.25) is 0 Å². The van der Waals surface area contributed by atoms with Gasteiger partial charge in [-0.2, -0.15) is 0 Å². The molecule has 1 nitrogen and oxygen atoms in total. The minimum absolute atomic E-state index is 0.463. The second-order valence-corrected chi connectivity index (χ2v) is 5.83. The van der Waals surface area contributed by atoms with Crippen LogP contribution in [0.2, 0.25) is 0 Å². The van der Waals surface area contributed by atoms with E-state index < -0.39 is 5.41 Å². The van der Waals surface area contributed by atoms with Gasteiger partial charge in [-0.25, -0.2) is 0 Å². The van der Waals surface area contributed by atoms with Crippen molar-refractivity contribution < 1.29 is 5.11 Å². The van der Waals surface area contributed by atoms with Gasteiger partial charge >= 0.3 is 0 Å². The molecule has 21 heavy (non-hydrogen) atoms. The van der Waals surface area contributed by atoms with Crippen molar-refractivity contribution in [3.05, 3.63) is 88.7 Å². The molecule has 0 fully saturated rings. The van der Waals surface area contributed by atoms with Crippen molar-refractivity contribution in [2.75, 3.05) is 0 Å². The normalized spacial score (nSPS) is 22.0. The third-order valence-corrected chi connectivity index (χ3v) is 4.68. The quantitative estimate of drug-likeness (QED) is 0.792. The Morgan fingerprint density at radius 3 is 1.86 bits per heavy atom. The first-order valence-corrected chi connectivity index (χ1v) is 7.29. The van der Waals surface area contributed by atoms with Gasteiger partial charge in [0.05, 0.1) is 5.41 Å². The van der Waals surface area contributed by atoms with Crippen LogP contribution in [-0.2, 0) is 5.41 Å². The molecule has 0 spiro atoms. The average molecular weight is 276 g/mol. The van der Waals surface area contributed by atoms with E-state index in [1.165, 1.54) is 16.7 Å². The summed E-state index contributed by atoms with van der Waals surface area (Å²) in [6, 6.07) is 20.6. The van der Waals surface area contributed by atoms with Crippen molar-refractivity contribution in [1.29, 1.82) is 0 Å². The van der Waals surface area contributed by atoms with Crippen molar-refractivity contribution >= 4 is 5.57 Å². The van der Waals surface area contributed by atoms with Crippen molar-refractivity contribution in [2.45, 2.75) is 26.2 Å². The van der Waals surface area contributed by atoms with Crippen LogP contribution in [0.25, 0.3) is 5.57 Å². The molecule has 3 rings (SSSR count). The number of rotatable bonds is 2. The molecule has 2 aromatic rings. The molecule has 1 atom stereocenters. The number of hydrogen-bond donors (Lipinski definition) is 1. The Kier molecular flexibility index (Phi) is 3.21. The molecular weight excluding hydrogens is 256 g/mol. The Hall–Kier alpha value is -2.28. The van der Waals surface area contributed by atoms with Crippen LogP contribution < -0.4 is 0 Å². The number of aliphatic hydroxyl groups excluding tert-OH is 1. The summed E-state index contributed by atoms with van der Waals surface area (Å²) >= 11 is 0. The number of allylic oxidation sites excluding steroid dienone is 3. The van der Waals surface area contributed by atoms with E-state index in [1.54, 1.807) is 0 Å². The van der Waals surface area contributed by atoms with Gasteiger partial charge in [0.1, 0.15) is 5.76 Å². The first-order valence-electron chi connectivity index (χ1n) is 7.29. The summed E-state index contributed by atoms with van der Waals surface area (Å²) in [7, 11) is 0. The van der Waals surface area contributed by atoms with Crippen molar-refractivity contribution in [3.63, 3.8) is 0 Å². The van der Waals surface area contributed by atoms with Crippen LogP contribution in [0.1, 0.15) is 31.9 Å². The highest BCUT2D eigenvalue weighted by Crippen LogP contribution is 2.51. The molecule has 0 amide bonds. The molecule has 1 heteroatoms. The minimum atomic E-state index is -0.475. The molecule has 0 radical (unpaired) electrons. The Balaban J connectivity index is 2.27. The Morgan fingerprint density at radius 2 is 1.29 bits per heavy atom. The van der Waals surface area contributed by atoms with Gasteiger partial charge in [-0.1, -0.05) is 60.7 Å². The summed E-state index contributed by atoms with van der Waals surface area (Å²) in [6.45, 7) is 6.21. The van der Waals surface area contributed by atoms with E-state index in [0.29, 0.717) is 5.76 Å². The molecule has 1 aliphatic carbocycles. The maximum absolute atomic E-state index is 10.8. The highest BCUT2D eigenvalue weighted by molar-refractivity contribution is 5.86. The third-order valence-electron chi connectivity index (χ3n) is 4.68. The van der Waals surface area contributed by atoms with E-state index in [0.717, 1.165) is 11.1 Å². The molecule has 0 saturated carbocycles. The second-order valence-electron chi connectivity index (χ2n) is 5.83. The summed E-state index contributed by atoms with van der Waals surface area (Å²) in [5.74, 6) is 0.463. The molecule has 0 aliphatic heterocycles. The molecule has 1 N–H and O–H groups in total. The fraction of sp³-hybridized carbons (Fsp3) is 0.200. The summed E-state index contributed by atoms with van der Waals surface area (Å²) in [6.07, 6.45) is 0. The lowest BCUT2D eigenvalue weighted by molar-refractivity contribution is 0.345. The molecule has 2 aromatic carbocycles. The summed E-state index contributed by atoms with van der Waals surface area (Å²) in [5, 5.41) is 10.8. The van der Waals surface area contributed by atoms with Crippen LogP contribution in [0, 0.1) is 0 Å². The fourth-order valence-corrected chi connectivity index (χ4v) is 3.40. The molecule has 106 valence electrons. The van der Waals surface area contributed by atoms with Gasteiger partial charge in [0.15, 0.2) is 0 Å². The highest BCUT2D eigenvalue weighted by atomic mass is 16.3. The number of benzene rings is 2. The minimum Gasteiger partial charge on any atom is -0.511 e. The monoisotopic (exact) mass is 276 g/mol. The van der Waals surface area contributed by atoms with Gasteiger partial charge in [0, 0.05) is 0 Å². The Morgan fingerprint density at radius 1 is 0.762 bits per heavy atom. The van der Waals surface area contributed by atoms with Gasteiger partial charge in [-0.05, 0) is 48.6 Å². The zero-order valence-corrected chi connectivity index (χ0v) is 12.7. The van der Waals surface area contributed by atoms with E-state index in [4.69, 9.17) is 0 Å². The SMILES string of the molecule is CC1=C(O)[C@@](C)(c2ccccc2)C(c2ccccc2)=C1C. The van der Waals surface area contributed by atoms with Crippen LogP contribution in [0.15, 0.2) is 77.6 Å². The van der Waals surface area contributed by atoms with Gasteiger partial charge < -0.3 is 5.11 Å². The predicted molar refractivity (Wildman–Crippen MR) is 88.2 cm³/mol. The zero-order chi connectivity index (χ0) is 15.0. The first kappa shape index (κ1) is 13.7. The second kappa shape index (κ2) is 4.92. The molecule has 0 aromatic heterocycles. The molecule has 0 heterocycles. The van der Waals surface area contributed by atoms with E-state index in [9.17, 15) is 5.11 Å². The largest absolute Gasteiger partial charge is 0.511 e. The average Bonchev–Trinajstić information content (AvgIpc) is 2.71. The predicted octanol–water partition coefficient (Wildman–Crippen LogP) is 5.26. The lowest BCUT2D eigenvalue weighted by atomic mass is 9.73. The molecular formula is C20H20O. The van der Waals surface area contributed by atoms with Gasteiger partial charge in [-0.15, -0.1) is 0 Å². The van der Waals surface area contributed by atoms with E-state index >= 15 is 0 Å². The smallest absolute Gasteiger partial charge is 0.110 e. The van der Waals surface area contributed by atoms with Crippen molar-refractivity contribution in [1.82, 2.24) is 0 Å². The third kappa shape index (κ3) is 1.92. The van der Waals surface area contributed by atoms with E-state index in [1.807, 2.05) is 43.3 Å². The van der Waals surface area contributed by atoms with Gasteiger partial charge in [-0.3, -0.25) is 0 Å². The highest BCUT2D eigenvalue weighted by Gasteiger charge is 2.43. The standard InChI is InChI=1S/C20H20O/c1-14-15(2)19(21)20(3,17-12-8-5-9-13-17)18(14)16-10-6-4-7-11-16/h4-13,21H,1-3H3/t20-/m0/s1. The van der Waals surface area contributed by atoms with Crippen LogP contribution in [0.5, 0.6) is 0 Å². The lowest BCUT2D eigenvalue weighted by Crippen LogP contribution is -2.24. The zero-order valence-electron chi connectivity index (χ0n) is 12.7. The number of aliphatic hydroxyl groups is 1. The van der Waals surface area contributed by atoms with Crippen LogP contribution in [0.3, 0.4) is 0 Å². The van der Waals surface area contributed by atoms with E-state index in [2.05, 4.69) is 38.1 Å². The summed E-state index contributed by atoms with van der Waals surface area (Å²) < 4.78 is 0. The maximum atomic E-state index is 10.8. The first-order chi connectivity index (χ1) is 10.1. The Labute approximate surface area is 126 Å². The summed E-state index contributed by atoms with van der Waals surface area (Å²) in [4.78, 5) is 0. The molecule has 1 aliphatic rings. The van der Waals surface area contributed by atoms with Crippen LogP contribution in [-0.4, -0.2) is 5.11 Å². The Bertz CT molecular complexity index is 723. The maximum Gasteiger partial charge on any atom is 0.110 e. The molecule has 0 unspecified atom stereocenters. The van der Waals surface area contributed by atoms with E-state index in [-0.39, 0.29) is 0 Å². The van der Waals surface area contributed by atoms with Crippen molar-refractivity contribution in [2.24, 2.45) is 0 Å². The lowest BCUT2D eigenvalue weighted by Gasteiger charge is -2.30. The summed E-state index contributed by atoms with van der Waals surface area (Å²) in [5.41, 5.74) is 5.17. The van der Waals surface area contributed by atoms with Crippen LogP contribution >= 0.6 is 0 Å².